The van der Waals surface area contributed by atoms with Gasteiger partial charge in [0.25, 0.3) is 0 Å². The molecule has 0 aliphatic carbocycles. The first-order chi connectivity index (χ1) is 13.4. The average Bonchev–Trinajstić information content (AvgIpc) is 3.00. The van der Waals surface area contributed by atoms with Gasteiger partial charge < -0.3 is 15.2 Å². The third-order valence-electron chi connectivity index (χ3n) is 4.85. The van der Waals surface area contributed by atoms with Crippen LogP contribution in [0.15, 0.2) is 30.5 Å². The Morgan fingerprint density at radius 2 is 2.29 bits per heavy atom. The van der Waals surface area contributed by atoms with Crippen LogP contribution in [-0.4, -0.2) is 57.5 Å². The molecule has 28 heavy (non-hydrogen) atoms. The summed E-state index contributed by atoms with van der Waals surface area (Å²) >= 11 is 5.97. The number of aliphatic hydroxyl groups is 1. The second kappa shape index (κ2) is 8.94. The van der Waals surface area contributed by atoms with E-state index in [1.807, 2.05) is 37.1 Å². The maximum absolute atomic E-state index is 12.4. The van der Waals surface area contributed by atoms with E-state index in [0.717, 1.165) is 30.9 Å². The zero-order valence-corrected chi connectivity index (χ0v) is 17.1. The molecule has 0 spiro atoms. The molecule has 2 heterocycles. The molecule has 1 fully saturated rings. The Morgan fingerprint density at radius 3 is 3.00 bits per heavy atom. The minimum Gasteiger partial charge on any atom is -0.490 e. The first-order valence-corrected chi connectivity index (χ1v) is 9.92. The Morgan fingerprint density at radius 1 is 1.46 bits per heavy atom. The van der Waals surface area contributed by atoms with Crippen molar-refractivity contribution in [2.75, 3.05) is 31.6 Å². The Kier molecular flexibility index (Phi) is 6.59. The summed E-state index contributed by atoms with van der Waals surface area (Å²) in [5.41, 5.74) is 0.521. The van der Waals surface area contributed by atoms with Crippen molar-refractivity contribution in [3.63, 3.8) is 0 Å². The number of nitrogens with zero attached hydrogens (tertiary/aromatic N) is 3. The van der Waals surface area contributed by atoms with Crippen LogP contribution in [0.5, 0.6) is 5.75 Å². The van der Waals surface area contributed by atoms with Crippen molar-refractivity contribution < 1.29 is 14.6 Å². The van der Waals surface area contributed by atoms with Crippen LogP contribution in [0.2, 0.25) is 5.02 Å². The molecular formula is C20H27ClN4O3. The van der Waals surface area contributed by atoms with Crippen LogP contribution in [0, 0.1) is 6.92 Å². The minimum absolute atomic E-state index is 0.112. The normalized spacial score (nSPS) is 20.1. The van der Waals surface area contributed by atoms with E-state index in [1.54, 1.807) is 16.8 Å². The summed E-state index contributed by atoms with van der Waals surface area (Å²) in [7, 11) is 0. The van der Waals surface area contributed by atoms with Gasteiger partial charge in [0.15, 0.2) is 0 Å². The summed E-state index contributed by atoms with van der Waals surface area (Å²) in [6, 6.07) is 7.11. The predicted molar refractivity (Wildman–Crippen MR) is 109 cm³/mol. The van der Waals surface area contributed by atoms with Crippen LogP contribution in [-0.2, 0) is 11.3 Å². The van der Waals surface area contributed by atoms with Crippen molar-refractivity contribution >= 4 is 23.2 Å². The quantitative estimate of drug-likeness (QED) is 0.739. The number of benzene rings is 1. The minimum atomic E-state index is -0.996. The van der Waals surface area contributed by atoms with Gasteiger partial charge in [-0.25, -0.2) is 0 Å². The molecule has 1 aliphatic heterocycles. The number of anilines is 1. The molecule has 1 amide bonds. The van der Waals surface area contributed by atoms with Crippen LogP contribution >= 0.6 is 11.6 Å². The van der Waals surface area contributed by atoms with Crippen LogP contribution in [0.4, 0.5) is 5.69 Å². The number of hydrogen-bond donors (Lipinski definition) is 2. The Labute approximate surface area is 170 Å². The number of carbonyl (C=O) groups excluding carboxylic acids is 1. The Bertz CT molecular complexity index is 826. The molecule has 1 aliphatic rings. The second-order valence-electron chi connectivity index (χ2n) is 7.32. The van der Waals surface area contributed by atoms with E-state index in [4.69, 9.17) is 16.3 Å². The van der Waals surface area contributed by atoms with E-state index in [9.17, 15) is 9.90 Å². The highest BCUT2D eigenvalue weighted by atomic mass is 35.5. The fraction of sp³-hybridized carbons (Fsp3) is 0.500. The molecule has 1 saturated heterocycles. The van der Waals surface area contributed by atoms with Gasteiger partial charge in [0.1, 0.15) is 18.0 Å². The molecule has 2 aromatic rings. The smallest absolute Gasteiger partial charge is 0.238 e. The second-order valence-corrected chi connectivity index (χ2v) is 7.75. The van der Waals surface area contributed by atoms with Gasteiger partial charge in [-0.2, -0.15) is 5.10 Å². The summed E-state index contributed by atoms with van der Waals surface area (Å²) in [6.07, 6.45) is 3.27. The van der Waals surface area contributed by atoms with Gasteiger partial charge in [0.05, 0.1) is 17.9 Å². The number of halogens is 1. The number of β-amino-alcohol motifs (C(OH)–C–C–N with tert-alkyl or cyclic N) is 1. The number of aromatic nitrogens is 2. The lowest BCUT2D eigenvalue weighted by atomic mass is 9.93. The molecule has 7 nitrogen and oxygen atoms in total. The van der Waals surface area contributed by atoms with Crippen molar-refractivity contribution in [3.8, 4) is 5.75 Å². The van der Waals surface area contributed by atoms with Crippen molar-refractivity contribution in [2.24, 2.45) is 0 Å². The number of piperidine rings is 1. The summed E-state index contributed by atoms with van der Waals surface area (Å²) in [5.74, 6) is 0.512. The monoisotopic (exact) mass is 406 g/mol. The summed E-state index contributed by atoms with van der Waals surface area (Å²) in [4.78, 5) is 14.4. The first kappa shape index (κ1) is 20.6. The predicted octanol–water partition coefficient (Wildman–Crippen LogP) is 2.71. The van der Waals surface area contributed by atoms with E-state index < -0.39 is 5.60 Å². The van der Waals surface area contributed by atoms with Crippen molar-refractivity contribution in [1.29, 1.82) is 0 Å². The third-order valence-corrected chi connectivity index (χ3v) is 5.08. The largest absolute Gasteiger partial charge is 0.490 e. The van der Waals surface area contributed by atoms with Crippen LogP contribution in [0.1, 0.15) is 25.5 Å². The Balaban J connectivity index is 1.53. The lowest BCUT2D eigenvalue weighted by Crippen LogP contribution is -2.53. The average molecular weight is 407 g/mol. The van der Waals surface area contributed by atoms with Gasteiger partial charge in [-0.3, -0.25) is 14.4 Å². The van der Waals surface area contributed by atoms with Crippen LogP contribution in [0.25, 0.3) is 0 Å². The summed E-state index contributed by atoms with van der Waals surface area (Å²) in [6.45, 7) is 6.15. The highest BCUT2D eigenvalue weighted by Gasteiger charge is 2.34. The molecule has 2 N–H and O–H groups in total. The first-order valence-electron chi connectivity index (χ1n) is 9.54. The van der Waals surface area contributed by atoms with Crippen LogP contribution in [0.3, 0.4) is 0 Å². The number of hydrogen-bond acceptors (Lipinski definition) is 5. The lowest BCUT2D eigenvalue weighted by Gasteiger charge is -2.38. The lowest BCUT2D eigenvalue weighted by molar-refractivity contribution is -0.119. The summed E-state index contributed by atoms with van der Waals surface area (Å²) < 4.78 is 7.53. The van der Waals surface area contributed by atoms with Gasteiger partial charge >= 0.3 is 0 Å². The molecule has 0 bridgehead atoms. The molecular weight excluding hydrogens is 380 g/mol. The van der Waals surface area contributed by atoms with E-state index >= 15 is 0 Å². The van der Waals surface area contributed by atoms with Gasteiger partial charge in [0, 0.05) is 24.3 Å². The standard InChI is InChI=1S/C20H27ClN4O3/c1-3-25-11-18(15(2)23-25)22-19(26)12-24-9-5-8-20(27,13-24)14-28-17-7-4-6-16(21)10-17/h4,6-7,10-11,27H,3,5,8-9,12-14H2,1-2H3,(H,22,26). The number of rotatable bonds is 7. The number of ether oxygens (including phenoxy) is 1. The zero-order chi connectivity index (χ0) is 20.1. The molecule has 1 atom stereocenters. The van der Waals surface area contributed by atoms with E-state index in [1.165, 1.54) is 0 Å². The van der Waals surface area contributed by atoms with Crippen LogP contribution < -0.4 is 10.1 Å². The number of carbonyl (C=O) groups is 1. The van der Waals surface area contributed by atoms with Crippen molar-refractivity contribution in [3.05, 3.63) is 41.2 Å². The van der Waals surface area contributed by atoms with Crippen molar-refractivity contribution in [1.82, 2.24) is 14.7 Å². The van der Waals surface area contributed by atoms with Gasteiger partial charge in [-0.15, -0.1) is 0 Å². The fourth-order valence-corrected chi connectivity index (χ4v) is 3.61. The molecule has 0 saturated carbocycles. The van der Waals surface area contributed by atoms with E-state index in [2.05, 4.69) is 10.4 Å². The number of amides is 1. The third kappa shape index (κ3) is 5.47. The molecule has 1 aromatic heterocycles. The maximum Gasteiger partial charge on any atom is 0.238 e. The van der Waals surface area contributed by atoms with Gasteiger partial charge in [-0.05, 0) is 51.4 Å². The topological polar surface area (TPSA) is 79.6 Å². The maximum atomic E-state index is 12.4. The van der Waals surface area contributed by atoms with Gasteiger partial charge in [-0.1, -0.05) is 17.7 Å². The zero-order valence-electron chi connectivity index (χ0n) is 16.3. The SMILES string of the molecule is CCn1cc(NC(=O)CN2CCCC(O)(COc3cccc(Cl)c3)C2)c(C)n1. The molecule has 1 unspecified atom stereocenters. The molecule has 1 aromatic carbocycles. The number of likely N-dealkylation sites (tertiary alicyclic amines) is 1. The van der Waals surface area contributed by atoms with E-state index in [-0.39, 0.29) is 19.1 Å². The van der Waals surface area contributed by atoms with Crippen molar-refractivity contribution in [2.45, 2.75) is 38.8 Å². The van der Waals surface area contributed by atoms with E-state index in [0.29, 0.717) is 23.7 Å². The summed E-state index contributed by atoms with van der Waals surface area (Å²) in [5, 5.41) is 18.7. The number of nitrogens with one attached hydrogen (secondary N) is 1. The Hall–Kier alpha value is -2.09. The highest BCUT2D eigenvalue weighted by molar-refractivity contribution is 6.30. The molecule has 3 rings (SSSR count). The molecule has 0 radical (unpaired) electrons. The fourth-order valence-electron chi connectivity index (χ4n) is 3.43. The highest BCUT2D eigenvalue weighted by Crippen LogP contribution is 2.24. The molecule has 8 heteroatoms. The van der Waals surface area contributed by atoms with Gasteiger partial charge in [0.2, 0.25) is 5.91 Å². The molecule has 152 valence electrons. The number of aryl methyl sites for hydroxylation is 2.